The zero-order valence-electron chi connectivity index (χ0n) is 11.4. The van der Waals surface area contributed by atoms with Gasteiger partial charge < -0.3 is 20.0 Å². The number of ether oxygens (including phenoxy) is 1. The van der Waals surface area contributed by atoms with Crippen molar-refractivity contribution in [2.24, 2.45) is 5.73 Å². The molecule has 1 aromatic heterocycles. The standard InChI is InChI=1S/C14H15NO5S/c1-19-14(18)11(15)7-21-6-8-4-13(17)20-12-5-9(16)2-3-10(8)12/h2-5,11,16H,6-7,15H2,1H3. The first-order valence-electron chi connectivity index (χ1n) is 6.18. The van der Waals surface area contributed by atoms with Gasteiger partial charge in [0.25, 0.3) is 0 Å². The summed E-state index contributed by atoms with van der Waals surface area (Å²) in [6.07, 6.45) is 0. The number of hydrogen-bond acceptors (Lipinski definition) is 7. The van der Waals surface area contributed by atoms with Crippen LogP contribution in [0.4, 0.5) is 0 Å². The maximum atomic E-state index is 11.5. The molecule has 3 N–H and O–H groups in total. The predicted octanol–water partition coefficient (Wildman–Crippen LogP) is 1.23. The molecule has 0 saturated carbocycles. The van der Waals surface area contributed by atoms with Crippen molar-refractivity contribution in [3.8, 4) is 5.75 Å². The highest BCUT2D eigenvalue weighted by Gasteiger charge is 2.14. The van der Waals surface area contributed by atoms with E-state index in [9.17, 15) is 14.7 Å². The van der Waals surface area contributed by atoms with Crippen LogP contribution in [0.25, 0.3) is 11.0 Å². The number of methoxy groups -OCH3 is 1. The molecule has 0 aliphatic rings. The first-order valence-corrected chi connectivity index (χ1v) is 7.33. The first kappa shape index (κ1) is 15.4. The highest BCUT2D eigenvalue weighted by Crippen LogP contribution is 2.24. The van der Waals surface area contributed by atoms with Gasteiger partial charge in [-0.3, -0.25) is 4.79 Å². The van der Waals surface area contributed by atoms with E-state index in [-0.39, 0.29) is 5.75 Å². The number of carbonyl (C=O) groups is 1. The maximum absolute atomic E-state index is 11.5. The third-order valence-electron chi connectivity index (χ3n) is 2.87. The number of fused-ring (bicyclic) bond motifs is 1. The monoisotopic (exact) mass is 309 g/mol. The number of carbonyl (C=O) groups excluding carboxylic acids is 1. The molecule has 6 nitrogen and oxygen atoms in total. The van der Waals surface area contributed by atoms with Gasteiger partial charge in [-0.05, 0) is 17.7 Å². The molecule has 0 fully saturated rings. The van der Waals surface area contributed by atoms with Crippen molar-refractivity contribution in [3.05, 3.63) is 40.2 Å². The lowest BCUT2D eigenvalue weighted by atomic mass is 10.1. The van der Waals surface area contributed by atoms with E-state index in [1.807, 2.05) is 0 Å². The van der Waals surface area contributed by atoms with Gasteiger partial charge in [0.05, 0.1) is 7.11 Å². The van der Waals surface area contributed by atoms with E-state index in [4.69, 9.17) is 10.2 Å². The van der Waals surface area contributed by atoms with Gasteiger partial charge in [0.2, 0.25) is 0 Å². The Balaban J connectivity index is 2.15. The third-order valence-corrected chi connectivity index (χ3v) is 3.98. The Labute approximate surface area is 124 Å². The number of nitrogens with two attached hydrogens (primary N) is 1. The van der Waals surface area contributed by atoms with E-state index in [0.717, 1.165) is 10.9 Å². The lowest BCUT2D eigenvalue weighted by Crippen LogP contribution is -2.33. The number of benzene rings is 1. The summed E-state index contributed by atoms with van der Waals surface area (Å²) in [6, 6.07) is 5.30. The zero-order chi connectivity index (χ0) is 15.4. The van der Waals surface area contributed by atoms with Crippen LogP contribution in [0.1, 0.15) is 5.56 Å². The van der Waals surface area contributed by atoms with Crippen molar-refractivity contribution >= 4 is 28.7 Å². The van der Waals surface area contributed by atoms with Gasteiger partial charge in [0.1, 0.15) is 17.4 Å². The molecule has 0 amide bonds. The number of phenolic OH excluding ortho intramolecular Hbond substituents is 1. The fourth-order valence-corrected chi connectivity index (χ4v) is 2.82. The minimum Gasteiger partial charge on any atom is -0.508 e. The average molecular weight is 309 g/mol. The Bertz CT molecular complexity index is 712. The molecule has 0 spiro atoms. The molecular formula is C14H15NO5S. The Kier molecular flexibility index (Phi) is 4.87. The smallest absolute Gasteiger partial charge is 0.336 e. The Morgan fingerprint density at radius 2 is 2.24 bits per heavy atom. The van der Waals surface area contributed by atoms with Crippen LogP contribution < -0.4 is 11.4 Å². The van der Waals surface area contributed by atoms with Crippen molar-refractivity contribution in [2.45, 2.75) is 11.8 Å². The zero-order valence-corrected chi connectivity index (χ0v) is 12.2. The van der Waals surface area contributed by atoms with Crippen molar-refractivity contribution in [1.82, 2.24) is 0 Å². The van der Waals surface area contributed by atoms with Crippen LogP contribution >= 0.6 is 11.8 Å². The predicted molar refractivity (Wildman–Crippen MR) is 80.3 cm³/mol. The van der Waals surface area contributed by atoms with Gasteiger partial charge in [0.15, 0.2) is 0 Å². The second-order valence-corrected chi connectivity index (χ2v) is 5.45. The minimum absolute atomic E-state index is 0.0307. The normalized spacial score (nSPS) is 12.3. The maximum Gasteiger partial charge on any atom is 0.336 e. The Morgan fingerprint density at radius 3 is 2.95 bits per heavy atom. The topological polar surface area (TPSA) is 103 Å². The highest BCUT2D eigenvalue weighted by molar-refractivity contribution is 7.98. The molecule has 0 aliphatic heterocycles. The summed E-state index contributed by atoms with van der Waals surface area (Å²) < 4.78 is 9.59. The van der Waals surface area contributed by atoms with Gasteiger partial charge in [-0.25, -0.2) is 4.79 Å². The van der Waals surface area contributed by atoms with E-state index in [1.165, 1.54) is 37.1 Å². The first-order chi connectivity index (χ1) is 10.0. The summed E-state index contributed by atoms with van der Waals surface area (Å²) in [5.41, 5.74) is 6.26. The second kappa shape index (κ2) is 6.64. The van der Waals surface area contributed by atoms with Crippen LogP contribution in [-0.2, 0) is 15.3 Å². The van der Waals surface area contributed by atoms with Gasteiger partial charge >= 0.3 is 11.6 Å². The molecule has 112 valence electrons. The molecule has 0 aliphatic carbocycles. The number of esters is 1. The lowest BCUT2D eigenvalue weighted by molar-refractivity contribution is -0.141. The Hall–Kier alpha value is -1.99. The molecule has 1 heterocycles. The molecule has 0 bridgehead atoms. The van der Waals surface area contributed by atoms with E-state index >= 15 is 0 Å². The molecule has 0 radical (unpaired) electrons. The molecule has 2 aromatic rings. The average Bonchev–Trinajstić information content (AvgIpc) is 2.45. The second-order valence-electron chi connectivity index (χ2n) is 4.42. The molecular weight excluding hydrogens is 294 g/mol. The third kappa shape index (κ3) is 3.77. The Morgan fingerprint density at radius 1 is 1.48 bits per heavy atom. The van der Waals surface area contributed by atoms with Crippen LogP contribution in [0.2, 0.25) is 0 Å². The minimum atomic E-state index is -0.699. The van der Waals surface area contributed by atoms with Crippen molar-refractivity contribution < 1.29 is 19.1 Å². The number of rotatable bonds is 5. The van der Waals surface area contributed by atoms with Crippen LogP contribution in [0.3, 0.4) is 0 Å². The summed E-state index contributed by atoms with van der Waals surface area (Å²) >= 11 is 1.42. The quantitative estimate of drug-likeness (QED) is 0.632. The molecule has 2 rings (SSSR count). The summed E-state index contributed by atoms with van der Waals surface area (Å²) in [4.78, 5) is 22.7. The number of thioether (sulfide) groups is 1. The fourth-order valence-electron chi connectivity index (χ4n) is 1.85. The molecule has 7 heteroatoms. The van der Waals surface area contributed by atoms with E-state index in [0.29, 0.717) is 17.1 Å². The van der Waals surface area contributed by atoms with Crippen LogP contribution in [0.15, 0.2) is 33.5 Å². The molecule has 1 unspecified atom stereocenters. The number of hydrogen-bond donors (Lipinski definition) is 2. The van der Waals surface area contributed by atoms with Gasteiger partial charge in [-0.2, -0.15) is 11.8 Å². The summed E-state index contributed by atoms with van der Waals surface area (Å²) in [5, 5.41) is 10.2. The SMILES string of the molecule is COC(=O)C(N)CSCc1cc(=O)oc2cc(O)ccc12. The molecule has 21 heavy (non-hydrogen) atoms. The largest absolute Gasteiger partial charge is 0.508 e. The van der Waals surface area contributed by atoms with E-state index in [2.05, 4.69) is 4.74 Å². The van der Waals surface area contributed by atoms with E-state index < -0.39 is 17.6 Å². The van der Waals surface area contributed by atoms with Crippen LogP contribution in [0.5, 0.6) is 5.75 Å². The molecule has 0 saturated heterocycles. The molecule has 1 atom stereocenters. The molecule has 1 aromatic carbocycles. The number of aromatic hydroxyl groups is 1. The van der Waals surface area contributed by atoms with Crippen LogP contribution in [-0.4, -0.2) is 30.0 Å². The van der Waals surface area contributed by atoms with Crippen molar-refractivity contribution in [2.75, 3.05) is 12.9 Å². The lowest BCUT2D eigenvalue weighted by Gasteiger charge is -2.09. The number of phenols is 1. The van der Waals surface area contributed by atoms with Crippen molar-refractivity contribution in [3.63, 3.8) is 0 Å². The summed E-state index contributed by atoms with van der Waals surface area (Å²) in [6.45, 7) is 0. The van der Waals surface area contributed by atoms with Crippen molar-refractivity contribution in [1.29, 1.82) is 0 Å². The van der Waals surface area contributed by atoms with Gasteiger partial charge in [-0.15, -0.1) is 0 Å². The van der Waals surface area contributed by atoms with Gasteiger partial charge in [0, 0.05) is 29.0 Å². The van der Waals surface area contributed by atoms with Crippen LogP contribution in [0, 0.1) is 0 Å². The van der Waals surface area contributed by atoms with E-state index in [1.54, 1.807) is 6.07 Å². The summed E-state index contributed by atoms with van der Waals surface area (Å²) in [5.74, 6) is 0.442. The summed E-state index contributed by atoms with van der Waals surface area (Å²) in [7, 11) is 1.29. The van der Waals surface area contributed by atoms with Gasteiger partial charge in [-0.1, -0.05) is 0 Å². The highest BCUT2D eigenvalue weighted by atomic mass is 32.2. The fraction of sp³-hybridized carbons (Fsp3) is 0.286.